The second kappa shape index (κ2) is 5.91. The summed E-state index contributed by atoms with van der Waals surface area (Å²) in [4.78, 5) is 12.8. The van der Waals surface area contributed by atoms with Gasteiger partial charge in [-0.25, -0.2) is 0 Å². The highest BCUT2D eigenvalue weighted by atomic mass is 35.5. The maximum Gasteiger partial charge on any atom is 0.265 e. The molecule has 6 heteroatoms. The second-order valence-electron chi connectivity index (χ2n) is 4.67. The van der Waals surface area contributed by atoms with Crippen LogP contribution in [0.1, 0.15) is 29.4 Å². The van der Waals surface area contributed by atoms with Crippen molar-refractivity contribution in [2.75, 3.05) is 13.7 Å². The molecule has 0 aromatic carbocycles. The Balaban J connectivity index is 0.00000162. The van der Waals surface area contributed by atoms with E-state index in [1.807, 2.05) is 12.3 Å². The number of rotatable bonds is 5. The van der Waals surface area contributed by atoms with E-state index in [0.29, 0.717) is 23.1 Å². The lowest BCUT2D eigenvalue weighted by molar-refractivity contribution is 0.0899. The average Bonchev–Trinajstić information content (AvgIpc) is 3.07. The van der Waals surface area contributed by atoms with Gasteiger partial charge < -0.3 is 15.8 Å². The van der Waals surface area contributed by atoms with Gasteiger partial charge in [0.15, 0.2) is 0 Å². The van der Waals surface area contributed by atoms with E-state index >= 15 is 0 Å². The van der Waals surface area contributed by atoms with E-state index in [4.69, 9.17) is 10.5 Å². The first-order valence-electron chi connectivity index (χ1n) is 5.75. The third-order valence-corrected chi connectivity index (χ3v) is 4.25. The minimum atomic E-state index is -0.286. The summed E-state index contributed by atoms with van der Waals surface area (Å²) >= 11 is 1.39. The fourth-order valence-electron chi connectivity index (χ4n) is 1.98. The Morgan fingerprint density at radius 1 is 1.67 bits per heavy atom. The van der Waals surface area contributed by atoms with Gasteiger partial charge in [0.2, 0.25) is 0 Å². The standard InChI is InChI=1S/C12H18N2O2S.ClH/c1-12(7-13,8-3-4-8)14-11(15)10-9(16-2)5-6-17-10;/h5-6,8H,3-4,7,13H2,1-2H3,(H,14,15);1H. The molecule has 102 valence electrons. The van der Waals surface area contributed by atoms with Crippen molar-refractivity contribution in [1.29, 1.82) is 0 Å². The zero-order valence-electron chi connectivity index (χ0n) is 10.6. The van der Waals surface area contributed by atoms with Crippen LogP contribution in [-0.2, 0) is 0 Å². The van der Waals surface area contributed by atoms with Gasteiger partial charge in [0.1, 0.15) is 10.6 Å². The molecule has 1 unspecified atom stereocenters. The van der Waals surface area contributed by atoms with Crippen LogP contribution in [-0.4, -0.2) is 25.1 Å². The van der Waals surface area contributed by atoms with Crippen LogP contribution in [0.4, 0.5) is 0 Å². The van der Waals surface area contributed by atoms with Gasteiger partial charge in [-0.05, 0) is 37.1 Å². The zero-order valence-corrected chi connectivity index (χ0v) is 12.2. The van der Waals surface area contributed by atoms with E-state index in [-0.39, 0.29) is 23.9 Å². The van der Waals surface area contributed by atoms with Crippen molar-refractivity contribution in [3.05, 3.63) is 16.3 Å². The summed E-state index contributed by atoms with van der Waals surface area (Å²) in [6.45, 7) is 2.49. The molecule has 1 heterocycles. The van der Waals surface area contributed by atoms with Crippen LogP contribution in [0.3, 0.4) is 0 Å². The van der Waals surface area contributed by atoms with Crippen molar-refractivity contribution in [3.63, 3.8) is 0 Å². The molecule has 1 aliphatic carbocycles. The molecule has 1 fully saturated rings. The van der Waals surface area contributed by atoms with E-state index in [2.05, 4.69) is 5.32 Å². The number of hydrogen-bond donors (Lipinski definition) is 2. The number of amides is 1. The molecular weight excluding hydrogens is 272 g/mol. The molecule has 18 heavy (non-hydrogen) atoms. The van der Waals surface area contributed by atoms with Crippen molar-refractivity contribution in [2.45, 2.75) is 25.3 Å². The number of nitrogens with two attached hydrogens (primary N) is 1. The van der Waals surface area contributed by atoms with Crippen LogP contribution >= 0.6 is 23.7 Å². The van der Waals surface area contributed by atoms with Crippen LogP contribution in [0, 0.1) is 5.92 Å². The fraction of sp³-hybridized carbons (Fsp3) is 0.583. The highest BCUT2D eigenvalue weighted by molar-refractivity contribution is 7.12. The van der Waals surface area contributed by atoms with Gasteiger partial charge in [-0.15, -0.1) is 23.7 Å². The lowest BCUT2D eigenvalue weighted by atomic mass is 9.96. The summed E-state index contributed by atoms with van der Waals surface area (Å²) < 4.78 is 5.15. The summed E-state index contributed by atoms with van der Waals surface area (Å²) in [5, 5.41) is 4.90. The monoisotopic (exact) mass is 290 g/mol. The quantitative estimate of drug-likeness (QED) is 0.872. The SMILES string of the molecule is COc1ccsc1C(=O)NC(C)(CN)C1CC1.Cl. The molecule has 0 radical (unpaired) electrons. The molecular formula is C12H19ClN2O2S. The first kappa shape index (κ1) is 15.3. The summed E-state index contributed by atoms with van der Waals surface area (Å²) in [6, 6.07) is 1.80. The smallest absolute Gasteiger partial charge is 0.265 e. The molecule has 0 spiro atoms. The number of carbonyl (C=O) groups excluding carboxylic acids is 1. The molecule has 1 saturated carbocycles. The maximum absolute atomic E-state index is 12.2. The fourth-order valence-corrected chi connectivity index (χ4v) is 2.73. The predicted octanol–water partition coefficient (Wildman–Crippen LogP) is 2.04. The van der Waals surface area contributed by atoms with Crippen molar-refractivity contribution in [2.24, 2.45) is 11.7 Å². The van der Waals surface area contributed by atoms with Crippen LogP contribution < -0.4 is 15.8 Å². The Morgan fingerprint density at radius 2 is 2.33 bits per heavy atom. The number of halogens is 1. The van der Waals surface area contributed by atoms with Gasteiger partial charge in [0.05, 0.1) is 12.6 Å². The lowest BCUT2D eigenvalue weighted by Crippen LogP contribution is -2.53. The topological polar surface area (TPSA) is 64.3 Å². The first-order valence-corrected chi connectivity index (χ1v) is 6.62. The van der Waals surface area contributed by atoms with Crippen molar-refractivity contribution < 1.29 is 9.53 Å². The normalized spacial score (nSPS) is 17.5. The second-order valence-corrected chi connectivity index (χ2v) is 5.58. The van der Waals surface area contributed by atoms with E-state index < -0.39 is 0 Å². The van der Waals surface area contributed by atoms with Crippen LogP contribution in [0.25, 0.3) is 0 Å². The summed E-state index contributed by atoms with van der Waals surface area (Å²) in [5.74, 6) is 1.06. The Kier molecular flexibility index (Phi) is 5.01. The Hall–Kier alpha value is -0.780. The minimum Gasteiger partial charge on any atom is -0.495 e. The Labute approximate surface area is 117 Å². The summed E-state index contributed by atoms with van der Waals surface area (Å²) in [7, 11) is 1.57. The van der Waals surface area contributed by atoms with Crippen LogP contribution in [0.2, 0.25) is 0 Å². The highest BCUT2D eigenvalue weighted by Crippen LogP contribution is 2.39. The molecule has 1 aromatic rings. The largest absolute Gasteiger partial charge is 0.495 e. The number of hydrogen-bond acceptors (Lipinski definition) is 4. The van der Waals surface area contributed by atoms with E-state index in [9.17, 15) is 4.79 Å². The first-order chi connectivity index (χ1) is 8.10. The Bertz CT molecular complexity index is 420. The molecule has 0 aliphatic heterocycles. The molecule has 2 rings (SSSR count). The van der Waals surface area contributed by atoms with Gasteiger partial charge in [-0.1, -0.05) is 0 Å². The van der Waals surface area contributed by atoms with Crippen molar-refractivity contribution >= 4 is 29.7 Å². The maximum atomic E-state index is 12.2. The number of methoxy groups -OCH3 is 1. The van der Waals surface area contributed by atoms with Crippen LogP contribution in [0.15, 0.2) is 11.4 Å². The molecule has 1 aliphatic rings. The predicted molar refractivity (Wildman–Crippen MR) is 75.8 cm³/mol. The minimum absolute atomic E-state index is 0. The third kappa shape index (κ3) is 2.96. The number of ether oxygens (including phenoxy) is 1. The number of nitrogens with one attached hydrogen (secondary N) is 1. The molecule has 4 nitrogen and oxygen atoms in total. The van der Waals surface area contributed by atoms with E-state index in [0.717, 1.165) is 12.8 Å². The molecule has 0 bridgehead atoms. The molecule has 1 amide bonds. The molecule has 3 N–H and O–H groups in total. The summed E-state index contributed by atoms with van der Waals surface area (Å²) in [6.07, 6.45) is 2.30. The number of thiophene rings is 1. The summed E-state index contributed by atoms with van der Waals surface area (Å²) in [5.41, 5.74) is 5.49. The van der Waals surface area contributed by atoms with E-state index in [1.54, 1.807) is 13.2 Å². The van der Waals surface area contributed by atoms with Gasteiger partial charge in [-0.2, -0.15) is 0 Å². The van der Waals surface area contributed by atoms with E-state index in [1.165, 1.54) is 11.3 Å². The molecule has 1 aromatic heterocycles. The lowest BCUT2D eigenvalue weighted by Gasteiger charge is -2.29. The average molecular weight is 291 g/mol. The zero-order chi connectivity index (χ0) is 12.5. The van der Waals surface area contributed by atoms with Crippen LogP contribution in [0.5, 0.6) is 5.75 Å². The van der Waals surface area contributed by atoms with Gasteiger partial charge in [0, 0.05) is 6.54 Å². The van der Waals surface area contributed by atoms with Crippen molar-refractivity contribution in [1.82, 2.24) is 5.32 Å². The highest BCUT2D eigenvalue weighted by Gasteiger charge is 2.42. The number of carbonyl (C=O) groups is 1. The van der Waals surface area contributed by atoms with Gasteiger partial charge in [-0.3, -0.25) is 4.79 Å². The Morgan fingerprint density at radius 3 is 2.83 bits per heavy atom. The molecule has 1 atom stereocenters. The molecule has 0 saturated heterocycles. The van der Waals surface area contributed by atoms with Gasteiger partial charge >= 0.3 is 0 Å². The van der Waals surface area contributed by atoms with Gasteiger partial charge in [0.25, 0.3) is 5.91 Å². The third-order valence-electron chi connectivity index (χ3n) is 3.36. The van der Waals surface area contributed by atoms with Crippen molar-refractivity contribution in [3.8, 4) is 5.75 Å².